The maximum Gasteiger partial charge on any atom is 0.220 e. The number of benzene rings is 1. The lowest BCUT2D eigenvalue weighted by Crippen LogP contribution is -2.58. The van der Waals surface area contributed by atoms with Crippen LogP contribution in [0.15, 0.2) is 30.3 Å². The number of carbonyl (C=O) groups is 2. The number of ketones is 1. The highest BCUT2D eigenvalue weighted by Crippen LogP contribution is 2.35. The second-order valence-electron chi connectivity index (χ2n) is 7.90. The van der Waals surface area contributed by atoms with Crippen LogP contribution >= 0.6 is 0 Å². The smallest absolute Gasteiger partial charge is 0.220 e. The summed E-state index contributed by atoms with van der Waals surface area (Å²) in [6.07, 6.45) is 10.7. The van der Waals surface area contributed by atoms with Gasteiger partial charge in [-0.15, -0.1) is 0 Å². The van der Waals surface area contributed by atoms with Gasteiger partial charge in [-0.25, -0.2) is 0 Å². The van der Waals surface area contributed by atoms with Gasteiger partial charge in [0.2, 0.25) is 5.91 Å². The minimum absolute atomic E-state index is 0.0104. The maximum absolute atomic E-state index is 12.4. The van der Waals surface area contributed by atoms with E-state index in [2.05, 4.69) is 10.2 Å². The third kappa shape index (κ3) is 4.94. The molecule has 26 heavy (non-hydrogen) atoms. The topological polar surface area (TPSA) is 49.4 Å². The van der Waals surface area contributed by atoms with Crippen molar-refractivity contribution in [3.05, 3.63) is 35.9 Å². The van der Waals surface area contributed by atoms with E-state index in [0.29, 0.717) is 5.56 Å². The summed E-state index contributed by atoms with van der Waals surface area (Å²) in [7, 11) is 0. The Morgan fingerprint density at radius 2 is 1.54 bits per heavy atom. The van der Waals surface area contributed by atoms with Gasteiger partial charge in [-0.1, -0.05) is 56.0 Å². The maximum atomic E-state index is 12.4. The van der Waals surface area contributed by atoms with Gasteiger partial charge in [-0.3, -0.25) is 14.5 Å². The van der Waals surface area contributed by atoms with Gasteiger partial charge in [0.05, 0.1) is 0 Å². The number of hydrogen-bond acceptors (Lipinski definition) is 3. The van der Waals surface area contributed by atoms with E-state index in [1.54, 1.807) is 0 Å². The summed E-state index contributed by atoms with van der Waals surface area (Å²) < 4.78 is 0. The fourth-order valence-electron chi connectivity index (χ4n) is 4.53. The molecule has 1 aromatic rings. The molecular weight excluding hydrogens is 324 g/mol. The van der Waals surface area contributed by atoms with Gasteiger partial charge in [0.1, 0.15) is 0 Å². The lowest BCUT2D eigenvalue weighted by Gasteiger charge is -2.48. The fraction of sp³-hybridized carbons (Fsp3) is 0.636. The fourth-order valence-corrected chi connectivity index (χ4v) is 4.53. The molecule has 1 saturated heterocycles. The van der Waals surface area contributed by atoms with E-state index in [-0.39, 0.29) is 30.1 Å². The summed E-state index contributed by atoms with van der Waals surface area (Å²) in [4.78, 5) is 27.2. The first kappa shape index (κ1) is 19.1. The van der Waals surface area contributed by atoms with Crippen molar-refractivity contribution in [3.63, 3.8) is 0 Å². The number of carbonyl (C=O) groups excluding carboxylic acids is 2. The normalized spacial score (nSPS) is 20.5. The molecule has 0 radical (unpaired) electrons. The largest absolute Gasteiger partial charge is 0.354 e. The standard InChI is InChI=1S/C22H32N2O2/c25-20(19-10-4-1-5-11-19)12-13-21(26)23-18-22(14-6-2-7-15-22)24-16-8-3-9-17-24/h1,4-5,10-11H,2-3,6-9,12-18H2,(H,23,26). The van der Waals surface area contributed by atoms with Crippen molar-refractivity contribution in [2.45, 2.75) is 69.7 Å². The molecule has 1 aliphatic heterocycles. The Hall–Kier alpha value is -1.68. The molecule has 2 fully saturated rings. The Morgan fingerprint density at radius 1 is 0.885 bits per heavy atom. The van der Waals surface area contributed by atoms with E-state index in [4.69, 9.17) is 0 Å². The molecule has 1 N–H and O–H groups in total. The molecule has 4 nitrogen and oxygen atoms in total. The monoisotopic (exact) mass is 356 g/mol. The van der Waals surface area contributed by atoms with Crippen LogP contribution in [0.4, 0.5) is 0 Å². The van der Waals surface area contributed by atoms with Gasteiger partial charge in [0.25, 0.3) is 0 Å². The van der Waals surface area contributed by atoms with Crippen LogP contribution in [0.25, 0.3) is 0 Å². The SMILES string of the molecule is O=C(CCC(=O)c1ccccc1)NCC1(N2CCCCC2)CCCCC1. The van der Waals surface area contributed by atoms with E-state index in [1.165, 1.54) is 64.5 Å². The summed E-state index contributed by atoms with van der Waals surface area (Å²) in [5, 5.41) is 3.16. The molecule has 4 heteroatoms. The Labute approximate surface area is 157 Å². The summed E-state index contributed by atoms with van der Waals surface area (Å²) in [5.41, 5.74) is 0.843. The van der Waals surface area contributed by atoms with Crippen LogP contribution in [0.5, 0.6) is 0 Å². The third-order valence-electron chi connectivity index (χ3n) is 6.10. The quantitative estimate of drug-likeness (QED) is 0.753. The van der Waals surface area contributed by atoms with E-state index < -0.39 is 0 Å². The van der Waals surface area contributed by atoms with E-state index in [9.17, 15) is 9.59 Å². The van der Waals surface area contributed by atoms with Gasteiger partial charge >= 0.3 is 0 Å². The Morgan fingerprint density at radius 3 is 2.23 bits per heavy atom. The summed E-state index contributed by atoms with van der Waals surface area (Å²) in [5.74, 6) is 0.0559. The molecule has 3 rings (SSSR count). The molecule has 2 aliphatic rings. The Bertz CT molecular complexity index is 587. The number of likely N-dealkylation sites (tertiary alicyclic amines) is 1. The predicted molar refractivity (Wildman–Crippen MR) is 104 cm³/mol. The Balaban J connectivity index is 1.50. The molecule has 0 unspecified atom stereocenters. The number of nitrogens with zero attached hydrogens (tertiary/aromatic N) is 1. The Kier molecular flexibility index (Phi) is 6.84. The zero-order chi connectivity index (χ0) is 18.2. The summed E-state index contributed by atoms with van der Waals surface area (Å²) in [6.45, 7) is 3.08. The van der Waals surface area contributed by atoms with Crippen LogP contribution in [0.2, 0.25) is 0 Å². The molecule has 0 bridgehead atoms. The van der Waals surface area contributed by atoms with Crippen LogP contribution in [0, 0.1) is 0 Å². The van der Waals surface area contributed by atoms with Gasteiger partial charge in [-0.05, 0) is 38.8 Å². The zero-order valence-electron chi connectivity index (χ0n) is 15.8. The molecular formula is C22H32N2O2. The van der Waals surface area contributed by atoms with Gasteiger partial charge in [0, 0.05) is 30.5 Å². The molecule has 0 aromatic heterocycles. The molecule has 1 amide bonds. The average molecular weight is 357 g/mol. The van der Waals surface area contributed by atoms with Crippen molar-refractivity contribution in [1.29, 1.82) is 0 Å². The van der Waals surface area contributed by atoms with Crippen LogP contribution in [0.3, 0.4) is 0 Å². The highest BCUT2D eigenvalue weighted by Gasteiger charge is 2.38. The van der Waals surface area contributed by atoms with Crippen LogP contribution < -0.4 is 5.32 Å². The van der Waals surface area contributed by atoms with Crippen molar-refractivity contribution in [3.8, 4) is 0 Å². The number of nitrogens with one attached hydrogen (secondary N) is 1. The highest BCUT2D eigenvalue weighted by atomic mass is 16.2. The number of piperidine rings is 1. The average Bonchev–Trinajstić information content (AvgIpc) is 2.72. The second kappa shape index (κ2) is 9.31. The lowest BCUT2D eigenvalue weighted by atomic mass is 9.79. The van der Waals surface area contributed by atoms with Crippen molar-refractivity contribution in [2.75, 3.05) is 19.6 Å². The molecule has 0 atom stereocenters. The van der Waals surface area contributed by atoms with Gasteiger partial charge in [-0.2, -0.15) is 0 Å². The first-order valence-electron chi connectivity index (χ1n) is 10.3. The zero-order valence-corrected chi connectivity index (χ0v) is 15.8. The highest BCUT2D eigenvalue weighted by molar-refractivity contribution is 5.97. The van der Waals surface area contributed by atoms with Crippen molar-refractivity contribution >= 4 is 11.7 Å². The molecule has 1 heterocycles. The number of rotatable bonds is 7. The molecule has 142 valence electrons. The minimum Gasteiger partial charge on any atom is -0.354 e. The lowest BCUT2D eigenvalue weighted by molar-refractivity contribution is -0.122. The second-order valence-corrected chi connectivity index (χ2v) is 7.90. The first-order valence-corrected chi connectivity index (χ1v) is 10.3. The summed E-state index contributed by atoms with van der Waals surface area (Å²) in [6, 6.07) is 9.24. The summed E-state index contributed by atoms with van der Waals surface area (Å²) >= 11 is 0. The number of Topliss-reactive ketones (excluding diaryl/α,β-unsaturated/α-hetero) is 1. The van der Waals surface area contributed by atoms with Crippen molar-refractivity contribution in [2.24, 2.45) is 0 Å². The van der Waals surface area contributed by atoms with Crippen LogP contribution in [0.1, 0.15) is 74.6 Å². The van der Waals surface area contributed by atoms with Gasteiger partial charge in [0.15, 0.2) is 5.78 Å². The molecule has 1 saturated carbocycles. The van der Waals surface area contributed by atoms with Crippen LogP contribution in [-0.2, 0) is 4.79 Å². The van der Waals surface area contributed by atoms with E-state index in [0.717, 1.165) is 6.54 Å². The number of hydrogen-bond donors (Lipinski definition) is 1. The number of amides is 1. The molecule has 1 aromatic carbocycles. The van der Waals surface area contributed by atoms with Crippen molar-refractivity contribution in [1.82, 2.24) is 10.2 Å². The third-order valence-corrected chi connectivity index (χ3v) is 6.10. The van der Waals surface area contributed by atoms with Crippen LogP contribution in [-0.4, -0.2) is 41.8 Å². The van der Waals surface area contributed by atoms with Gasteiger partial charge < -0.3 is 5.32 Å². The predicted octanol–water partition coefficient (Wildman–Crippen LogP) is 3.95. The minimum atomic E-state index is 0.0104. The molecule has 1 aliphatic carbocycles. The van der Waals surface area contributed by atoms with Crippen molar-refractivity contribution < 1.29 is 9.59 Å². The molecule has 0 spiro atoms. The van der Waals surface area contributed by atoms with E-state index >= 15 is 0 Å². The first-order chi connectivity index (χ1) is 12.7. The van der Waals surface area contributed by atoms with E-state index in [1.807, 2.05) is 30.3 Å².